The predicted molar refractivity (Wildman–Crippen MR) is 71.1 cm³/mol. The molecule has 0 aromatic rings. The smallest absolute Gasteiger partial charge is 0.223 e. The molecule has 2 aliphatic rings. The second kappa shape index (κ2) is 7.10. The summed E-state index contributed by atoms with van der Waals surface area (Å²) in [5.41, 5.74) is 0. The first-order valence-corrected chi connectivity index (χ1v) is 7.39. The molecule has 0 atom stereocenters. The minimum atomic E-state index is 0.222. The Labute approximate surface area is 110 Å². The topological polar surface area (TPSA) is 61.4 Å². The van der Waals surface area contributed by atoms with E-state index in [1.165, 1.54) is 0 Å². The lowest BCUT2D eigenvalue weighted by molar-refractivity contribution is -0.126. The van der Waals surface area contributed by atoms with Crippen molar-refractivity contribution >= 4 is 5.91 Å². The third-order valence-electron chi connectivity index (χ3n) is 4.50. The second-order valence-electron chi connectivity index (χ2n) is 5.84. The molecule has 0 aromatic heterocycles. The molecule has 1 heterocycles. The maximum Gasteiger partial charge on any atom is 0.223 e. The lowest BCUT2D eigenvalue weighted by Crippen LogP contribution is -2.40. The largest absolute Gasteiger partial charge is 0.396 e. The molecule has 18 heavy (non-hydrogen) atoms. The van der Waals surface area contributed by atoms with Gasteiger partial charge in [0.25, 0.3) is 0 Å². The van der Waals surface area contributed by atoms with Crippen LogP contribution in [-0.2, 0) is 4.79 Å². The molecule has 1 aliphatic heterocycles. The molecule has 4 heteroatoms. The minimum Gasteiger partial charge on any atom is -0.396 e. The Morgan fingerprint density at radius 3 is 2.28 bits per heavy atom. The standard InChI is InChI=1S/C14H26N2O2/c17-10-12-3-1-11(2-4-12)9-16-14(18)13-5-7-15-8-6-13/h11-13,15,17H,1-10H2,(H,16,18). The fourth-order valence-corrected chi connectivity index (χ4v) is 3.09. The van der Waals surface area contributed by atoms with Gasteiger partial charge in [-0.3, -0.25) is 4.79 Å². The van der Waals surface area contributed by atoms with E-state index in [4.69, 9.17) is 5.11 Å². The van der Waals surface area contributed by atoms with Crippen LogP contribution >= 0.6 is 0 Å². The number of amides is 1. The molecular formula is C14H26N2O2. The van der Waals surface area contributed by atoms with Gasteiger partial charge in [0, 0.05) is 19.1 Å². The summed E-state index contributed by atoms with van der Waals surface area (Å²) in [6, 6.07) is 0. The van der Waals surface area contributed by atoms with Gasteiger partial charge in [-0.1, -0.05) is 0 Å². The van der Waals surface area contributed by atoms with Gasteiger partial charge < -0.3 is 15.7 Å². The summed E-state index contributed by atoms with van der Waals surface area (Å²) in [5, 5.41) is 15.5. The molecule has 104 valence electrons. The average molecular weight is 254 g/mol. The van der Waals surface area contributed by atoms with Crippen LogP contribution in [0.15, 0.2) is 0 Å². The monoisotopic (exact) mass is 254 g/mol. The number of piperidine rings is 1. The van der Waals surface area contributed by atoms with E-state index in [0.717, 1.165) is 58.2 Å². The fraction of sp³-hybridized carbons (Fsp3) is 0.929. The number of hydrogen-bond acceptors (Lipinski definition) is 3. The molecule has 1 aliphatic carbocycles. The van der Waals surface area contributed by atoms with E-state index in [1.807, 2.05) is 0 Å². The van der Waals surface area contributed by atoms with Gasteiger partial charge in [-0.05, 0) is 63.5 Å². The van der Waals surface area contributed by atoms with Crippen LogP contribution in [0.25, 0.3) is 0 Å². The van der Waals surface area contributed by atoms with Gasteiger partial charge in [0.2, 0.25) is 5.91 Å². The van der Waals surface area contributed by atoms with Gasteiger partial charge in [-0.25, -0.2) is 0 Å². The number of rotatable bonds is 4. The van der Waals surface area contributed by atoms with Gasteiger partial charge in [0.15, 0.2) is 0 Å². The van der Waals surface area contributed by atoms with E-state index in [-0.39, 0.29) is 11.8 Å². The van der Waals surface area contributed by atoms with Crippen molar-refractivity contribution in [2.24, 2.45) is 17.8 Å². The first-order valence-electron chi connectivity index (χ1n) is 7.39. The normalized spacial score (nSPS) is 30.1. The van der Waals surface area contributed by atoms with Crippen molar-refractivity contribution in [2.75, 3.05) is 26.2 Å². The van der Waals surface area contributed by atoms with Crippen molar-refractivity contribution in [2.45, 2.75) is 38.5 Å². The van der Waals surface area contributed by atoms with Crippen molar-refractivity contribution in [3.05, 3.63) is 0 Å². The number of aliphatic hydroxyl groups is 1. The van der Waals surface area contributed by atoms with Gasteiger partial charge in [-0.15, -0.1) is 0 Å². The van der Waals surface area contributed by atoms with Crippen molar-refractivity contribution < 1.29 is 9.90 Å². The molecule has 4 nitrogen and oxygen atoms in total. The summed E-state index contributed by atoms with van der Waals surface area (Å²) >= 11 is 0. The molecular weight excluding hydrogens is 228 g/mol. The highest BCUT2D eigenvalue weighted by molar-refractivity contribution is 5.78. The molecule has 0 unspecified atom stereocenters. The molecule has 1 amide bonds. The van der Waals surface area contributed by atoms with Crippen LogP contribution in [0, 0.1) is 17.8 Å². The Balaban J connectivity index is 1.63. The van der Waals surface area contributed by atoms with Crippen molar-refractivity contribution in [3.63, 3.8) is 0 Å². The third-order valence-corrected chi connectivity index (χ3v) is 4.50. The Morgan fingerprint density at radius 2 is 1.67 bits per heavy atom. The van der Waals surface area contributed by atoms with E-state index >= 15 is 0 Å². The van der Waals surface area contributed by atoms with E-state index < -0.39 is 0 Å². The van der Waals surface area contributed by atoms with Crippen LogP contribution in [0.1, 0.15) is 38.5 Å². The summed E-state index contributed by atoms with van der Waals surface area (Å²) < 4.78 is 0. The van der Waals surface area contributed by atoms with E-state index in [2.05, 4.69) is 10.6 Å². The second-order valence-corrected chi connectivity index (χ2v) is 5.84. The number of nitrogens with one attached hydrogen (secondary N) is 2. The van der Waals surface area contributed by atoms with Crippen LogP contribution in [-0.4, -0.2) is 37.3 Å². The molecule has 0 spiro atoms. The van der Waals surface area contributed by atoms with Crippen LogP contribution < -0.4 is 10.6 Å². The summed E-state index contributed by atoms with van der Waals surface area (Å²) in [6.45, 7) is 3.11. The van der Waals surface area contributed by atoms with Gasteiger partial charge in [0.1, 0.15) is 0 Å². The maximum atomic E-state index is 12.0. The lowest BCUT2D eigenvalue weighted by atomic mass is 9.82. The highest BCUT2D eigenvalue weighted by Gasteiger charge is 2.24. The first kappa shape index (κ1) is 13.8. The zero-order chi connectivity index (χ0) is 12.8. The average Bonchev–Trinajstić information content (AvgIpc) is 2.46. The molecule has 0 bridgehead atoms. The lowest BCUT2D eigenvalue weighted by Gasteiger charge is -2.28. The Bertz CT molecular complexity index is 257. The van der Waals surface area contributed by atoms with E-state index in [0.29, 0.717) is 18.4 Å². The highest BCUT2D eigenvalue weighted by atomic mass is 16.3. The summed E-state index contributed by atoms with van der Waals surface area (Å²) in [5.74, 6) is 1.60. The van der Waals surface area contributed by atoms with Crippen molar-refractivity contribution in [3.8, 4) is 0 Å². The predicted octanol–water partition coefficient (Wildman–Crippen LogP) is 0.901. The molecule has 1 saturated heterocycles. The zero-order valence-electron chi connectivity index (χ0n) is 11.2. The molecule has 3 N–H and O–H groups in total. The Morgan fingerprint density at radius 1 is 1.06 bits per heavy atom. The van der Waals surface area contributed by atoms with Crippen molar-refractivity contribution in [1.82, 2.24) is 10.6 Å². The molecule has 0 aromatic carbocycles. The summed E-state index contributed by atoms with van der Waals surface area (Å²) in [4.78, 5) is 12.0. The van der Waals surface area contributed by atoms with Gasteiger partial charge in [-0.2, -0.15) is 0 Å². The number of aliphatic hydroxyl groups excluding tert-OH is 1. The van der Waals surface area contributed by atoms with Gasteiger partial charge in [0.05, 0.1) is 0 Å². The molecule has 2 rings (SSSR count). The number of carbonyl (C=O) groups excluding carboxylic acids is 1. The third kappa shape index (κ3) is 3.95. The SMILES string of the molecule is O=C(NCC1CCC(CO)CC1)C1CCNCC1. The van der Waals surface area contributed by atoms with Crippen LogP contribution in [0.2, 0.25) is 0 Å². The zero-order valence-corrected chi connectivity index (χ0v) is 11.2. The van der Waals surface area contributed by atoms with E-state index in [1.54, 1.807) is 0 Å². The highest BCUT2D eigenvalue weighted by Crippen LogP contribution is 2.28. The van der Waals surface area contributed by atoms with Crippen LogP contribution in [0.5, 0.6) is 0 Å². The molecule has 2 fully saturated rings. The maximum absolute atomic E-state index is 12.0. The number of carbonyl (C=O) groups is 1. The summed E-state index contributed by atoms with van der Waals surface area (Å²) in [7, 11) is 0. The fourth-order valence-electron chi connectivity index (χ4n) is 3.09. The molecule has 0 radical (unpaired) electrons. The first-order chi connectivity index (χ1) is 8.79. The Kier molecular flexibility index (Phi) is 5.45. The van der Waals surface area contributed by atoms with Crippen molar-refractivity contribution in [1.29, 1.82) is 0 Å². The number of hydrogen-bond donors (Lipinski definition) is 3. The van der Waals surface area contributed by atoms with Gasteiger partial charge >= 0.3 is 0 Å². The van der Waals surface area contributed by atoms with E-state index in [9.17, 15) is 4.79 Å². The Hall–Kier alpha value is -0.610. The van der Waals surface area contributed by atoms with Crippen LogP contribution in [0.4, 0.5) is 0 Å². The summed E-state index contributed by atoms with van der Waals surface area (Å²) in [6.07, 6.45) is 6.48. The minimum absolute atomic E-state index is 0.222. The molecule has 1 saturated carbocycles. The van der Waals surface area contributed by atoms with Crippen LogP contribution in [0.3, 0.4) is 0 Å². The quantitative estimate of drug-likeness (QED) is 0.698.